The Morgan fingerprint density at radius 1 is 1.30 bits per heavy atom. The first kappa shape index (κ1) is 14.4. The Labute approximate surface area is 139 Å². The maximum Gasteiger partial charge on any atom is 0.161 e. The van der Waals surface area contributed by atoms with Gasteiger partial charge in [-0.15, -0.1) is 11.3 Å². The van der Waals surface area contributed by atoms with Crippen LogP contribution >= 0.6 is 11.3 Å². The van der Waals surface area contributed by atoms with Crippen LogP contribution in [-0.2, 0) is 0 Å². The van der Waals surface area contributed by atoms with E-state index in [0.717, 1.165) is 34.2 Å². The number of nitrogens with zero attached hydrogens (tertiary/aromatic N) is 4. The molecule has 0 spiro atoms. The van der Waals surface area contributed by atoms with Crippen LogP contribution in [0.2, 0.25) is 0 Å². The van der Waals surface area contributed by atoms with Crippen LogP contribution < -0.4 is 10.2 Å². The van der Waals surface area contributed by atoms with Gasteiger partial charge in [0.1, 0.15) is 16.2 Å². The van der Waals surface area contributed by atoms with Gasteiger partial charge < -0.3 is 10.2 Å². The maximum absolute atomic E-state index is 4.52. The fourth-order valence-electron chi connectivity index (χ4n) is 3.17. The molecule has 1 atom stereocenters. The van der Waals surface area contributed by atoms with Crippen LogP contribution in [-0.4, -0.2) is 27.5 Å². The summed E-state index contributed by atoms with van der Waals surface area (Å²) in [5, 5.41) is 3.42. The number of aromatic nitrogens is 3. The van der Waals surface area contributed by atoms with Crippen LogP contribution in [0.15, 0.2) is 29.8 Å². The minimum Gasteiger partial charge on any atom is -0.369 e. The van der Waals surface area contributed by atoms with E-state index in [0.29, 0.717) is 6.04 Å². The second-order valence-electron chi connectivity index (χ2n) is 5.99. The molecule has 1 aliphatic heterocycles. The van der Waals surface area contributed by atoms with Gasteiger partial charge in [0.25, 0.3) is 0 Å². The highest BCUT2D eigenvalue weighted by atomic mass is 32.1. The number of thiazole rings is 1. The molecule has 1 saturated heterocycles. The number of benzene rings is 1. The van der Waals surface area contributed by atoms with Crippen LogP contribution in [0, 0.1) is 6.92 Å². The molecule has 2 aromatic heterocycles. The van der Waals surface area contributed by atoms with Gasteiger partial charge >= 0.3 is 0 Å². The van der Waals surface area contributed by atoms with Crippen molar-refractivity contribution in [2.24, 2.45) is 0 Å². The summed E-state index contributed by atoms with van der Waals surface area (Å²) >= 11 is 1.54. The molecule has 0 amide bonds. The molecule has 1 unspecified atom stereocenters. The molecule has 3 aromatic rings. The predicted molar refractivity (Wildman–Crippen MR) is 95.7 cm³/mol. The maximum atomic E-state index is 4.52. The fraction of sp³-hybridized carbons (Fsp3) is 0.353. The largest absolute Gasteiger partial charge is 0.369 e. The first-order valence-electron chi connectivity index (χ1n) is 7.92. The molecule has 23 heavy (non-hydrogen) atoms. The molecule has 0 saturated carbocycles. The van der Waals surface area contributed by atoms with Gasteiger partial charge in [0.15, 0.2) is 5.82 Å². The Balaban J connectivity index is 1.67. The monoisotopic (exact) mass is 325 g/mol. The number of hydrogen-bond acceptors (Lipinski definition) is 6. The lowest BCUT2D eigenvalue weighted by molar-refractivity contribution is 0.735. The molecule has 1 N–H and O–H groups in total. The summed E-state index contributed by atoms with van der Waals surface area (Å²) in [6.07, 6.45) is 2.53. The highest BCUT2D eigenvalue weighted by molar-refractivity contribution is 7.16. The van der Waals surface area contributed by atoms with Gasteiger partial charge in [-0.3, -0.25) is 0 Å². The minimum atomic E-state index is 0.608. The summed E-state index contributed by atoms with van der Waals surface area (Å²) in [6.45, 7) is 5.33. The summed E-state index contributed by atoms with van der Waals surface area (Å²) in [5.41, 5.74) is 4.95. The van der Waals surface area contributed by atoms with E-state index in [1.165, 1.54) is 29.9 Å². The molecular formula is C17H19N5S. The van der Waals surface area contributed by atoms with Crippen molar-refractivity contribution in [3.63, 3.8) is 0 Å². The Bertz CT molecular complexity index is 844. The van der Waals surface area contributed by atoms with Crippen molar-refractivity contribution in [2.45, 2.75) is 32.7 Å². The third-order valence-electron chi connectivity index (χ3n) is 4.30. The molecule has 5 nitrogen and oxygen atoms in total. The first-order valence-corrected chi connectivity index (χ1v) is 8.80. The lowest BCUT2D eigenvalue weighted by atomic mass is 10.2. The molecule has 0 bridgehead atoms. The van der Waals surface area contributed by atoms with Crippen molar-refractivity contribution >= 4 is 38.9 Å². The van der Waals surface area contributed by atoms with Crippen LogP contribution in [0.4, 0.5) is 17.2 Å². The number of aryl methyl sites for hydroxylation is 1. The molecule has 6 heteroatoms. The summed E-state index contributed by atoms with van der Waals surface area (Å²) in [5.74, 6) is 1.54. The second-order valence-corrected chi connectivity index (χ2v) is 6.82. The number of anilines is 3. The minimum absolute atomic E-state index is 0.608. The SMILES string of the molecule is Cc1nc(Nc2cccc(N3CCCC3C)c2)c2ncsc2n1. The van der Waals surface area contributed by atoms with Crippen LogP contribution in [0.5, 0.6) is 0 Å². The van der Waals surface area contributed by atoms with Crippen molar-refractivity contribution in [3.8, 4) is 0 Å². The molecular weight excluding hydrogens is 306 g/mol. The van der Waals surface area contributed by atoms with Crippen molar-refractivity contribution < 1.29 is 0 Å². The normalized spacial score (nSPS) is 17.8. The average Bonchev–Trinajstić information content (AvgIpc) is 3.16. The Hall–Kier alpha value is -2.21. The smallest absolute Gasteiger partial charge is 0.161 e. The number of hydrogen-bond donors (Lipinski definition) is 1. The third kappa shape index (κ3) is 2.74. The zero-order chi connectivity index (χ0) is 15.8. The highest BCUT2D eigenvalue weighted by Gasteiger charge is 2.20. The van der Waals surface area contributed by atoms with E-state index < -0.39 is 0 Å². The fourth-order valence-corrected chi connectivity index (χ4v) is 3.88. The highest BCUT2D eigenvalue weighted by Crippen LogP contribution is 2.30. The summed E-state index contributed by atoms with van der Waals surface area (Å²) < 4.78 is 0. The van der Waals surface area contributed by atoms with Crippen molar-refractivity contribution in [1.82, 2.24) is 15.0 Å². The quantitative estimate of drug-likeness (QED) is 0.785. The third-order valence-corrected chi connectivity index (χ3v) is 5.02. The number of nitrogens with one attached hydrogen (secondary N) is 1. The molecule has 118 valence electrons. The van der Waals surface area contributed by atoms with Crippen molar-refractivity contribution in [3.05, 3.63) is 35.6 Å². The van der Waals surface area contributed by atoms with Crippen LogP contribution in [0.1, 0.15) is 25.6 Å². The van der Waals surface area contributed by atoms with Gasteiger partial charge in [-0.1, -0.05) is 6.07 Å². The molecule has 0 radical (unpaired) electrons. The van der Waals surface area contributed by atoms with Crippen LogP contribution in [0.25, 0.3) is 10.3 Å². The van der Waals surface area contributed by atoms with Gasteiger partial charge in [-0.2, -0.15) is 0 Å². The molecule has 0 aliphatic carbocycles. The molecule has 1 aromatic carbocycles. The Morgan fingerprint density at radius 2 is 2.22 bits per heavy atom. The Morgan fingerprint density at radius 3 is 3.04 bits per heavy atom. The van der Waals surface area contributed by atoms with Gasteiger partial charge in [-0.25, -0.2) is 15.0 Å². The lowest BCUT2D eigenvalue weighted by Crippen LogP contribution is -2.26. The lowest BCUT2D eigenvalue weighted by Gasteiger charge is -2.24. The van der Waals surface area contributed by atoms with E-state index in [4.69, 9.17) is 0 Å². The van der Waals surface area contributed by atoms with Gasteiger partial charge in [-0.05, 0) is 44.9 Å². The molecule has 1 aliphatic rings. The van der Waals surface area contributed by atoms with E-state index in [9.17, 15) is 0 Å². The number of rotatable bonds is 3. The topological polar surface area (TPSA) is 53.9 Å². The Kier molecular flexibility index (Phi) is 3.61. The van der Waals surface area contributed by atoms with E-state index in [-0.39, 0.29) is 0 Å². The van der Waals surface area contributed by atoms with Crippen molar-refractivity contribution in [2.75, 3.05) is 16.8 Å². The number of fused-ring (bicyclic) bond motifs is 1. The van der Waals surface area contributed by atoms with Crippen LogP contribution in [0.3, 0.4) is 0 Å². The summed E-state index contributed by atoms with van der Waals surface area (Å²) in [7, 11) is 0. The summed E-state index contributed by atoms with van der Waals surface area (Å²) in [6, 6.07) is 9.14. The van der Waals surface area contributed by atoms with E-state index >= 15 is 0 Å². The van der Waals surface area contributed by atoms with E-state index in [2.05, 4.69) is 56.4 Å². The van der Waals surface area contributed by atoms with Gasteiger partial charge in [0.05, 0.1) is 5.51 Å². The zero-order valence-corrected chi connectivity index (χ0v) is 14.1. The van der Waals surface area contributed by atoms with Gasteiger partial charge in [0, 0.05) is 24.0 Å². The predicted octanol–water partition coefficient (Wildman–Crippen LogP) is 4.13. The van der Waals surface area contributed by atoms with Gasteiger partial charge in [0.2, 0.25) is 0 Å². The van der Waals surface area contributed by atoms with E-state index in [1.54, 1.807) is 0 Å². The van der Waals surface area contributed by atoms with Crippen molar-refractivity contribution in [1.29, 1.82) is 0 Å². The molecule has 4 rings (SSSR count). The zero-order valence-electron chi connectivity index (χ0n) is 13.3. The average molecular weight is 325 g/mol. The standard InChI is InChI=1S/C17H19N5S/c1-11-5-4-8-22(11)14-7-3-6-13(9-14)21-16-15-17(23-10-18-15)20-12(2)19-16/h3,6-7,9-11H,4-5,8H2,1-2H3,(H,19,20,21). The van der Waals surface area contributed by atoms with E-state index in [1.807, 2.05) is 12.4 Å². The molecule has 1 fully saturated rings. The second kappa shape index (κ2) is 5.77. The molecule has 3 heterocycles. The summed E-state index contributed by atoms with van der Waals surface area (Å²) in [4.78, 5) is 16.7. The first-order chi connectivity index (χ1) is 11.2.